The van der Waals surface area contributed by atoms with Crippen molar-refractivity contribution < 1.29 is 34.1 Å². The lowest BCUT2D eigenvalue weighted by atomic mass is 9.59. The van der Waals surface area contributed by atoms with Crippen LogP contribution >= 0.6 is 0 Å². The third kappa shape index (κ3) is 3.89. The first kappa shape index (κ1) is 27.6. The average Bonchev–Trinajstić information content (AvgIpc) is 3.46. The van der Waals surface area contributed by atoms with Gasteiger partial charge in [0.25, 0.3) is 0 Å². The molecule has 0 aromatic heterocycles. The number of hydrogen-bond donors (Lipinski definition) is 2. The molecule has 6 rings (SSSR count). The van der Waals surface area contributed by atoms with Crippen molar-refractivity contribution in [2.45, 2.75) is 51.9 Å². The largest absolute Gasteiger partial charge is 0.457 e. The number of aliphatic hydroxyl groups excluding tert-OH is 1. The topological polar surface area (TPSA) is 110 Å². The molecule has 2 saturated carbocycles. The highest BCUT2D eigenvalue weighted by atomic mass is 16.6. The van der Waals surface area contributed by atoms with Gasteiger partial charge in [0.15, 0.2) is 17.5 Å². The van der Waals surface area contributed by atoms with E-state index < -0.39 is 41.1 Å². The molecule has 4 aliphatic carbocycles. The van der Waals surface area contributed by atoms with Crippen LogP contribution in [0.4, 0.5) is 0 Å². The van der Waals surface area contributed by atoms with E-state index in [2.05, 4.69) is 13.8 Å². The number of allylic oxidation sites excluding steroid dienone is 1. The molecule has 214 valence electrons. The summed E-state index contributed by atoms with van der Waals surface area (Å²) >= 11 is 0. The molecule has 1 unspecified atom stereocenters. The first-order valence-electron chi connectivity index (χ1n) is 14.3. The van der Waals surface area contributed by atoms with Crippen LogP contribution in [0.5, 0.6) is 0 Å². The Morgan fingerprint density at radius 3 is 2.17 bits per heavy atom. The van der Waals surface area contributed by atoms with E-state index in [0.717, 1.165) is 0 Å². The van der Waals surface area contributed by atoms with Crippen LogP contribution in [0.1, 0.15) is 54.8 Å². The van der Waals surface area contributed by atoms with E-state index in [1.165, 1.54) is 0 Å². The first-order chi connectivity index (χ1) is 19.4. The maximum Gasteiger partial charge on any atom is 0.338 e. The zero-order valence-electron chi connectivity index (χ0n) is 23.7. The van der Waals surface area contributed by atoms with Crippen molar-refractivity contribution in [3.05, 3.63) is 95.1 Å². The molecule has 0 heterocycles. The second-order valence-electron chi connectivity index (χ2n) is 12.8. The number of rotatable bonds is 5. The van der Waals surface area contributed by atoms with Crippen LogP contribution < -0.4 is 0 Å². The summed E-state index contributed by atoms with van der Waals surface area (Å²) in [5.74, 6) is -2.11. The zero-order chi connectivity index (χ0) is 29.3. The van der Waals surface area contributed by atoms with Gasteiger partial charge in [0.1, 0.15) is 12.7 Å². The molecule has 2 fully saturated rings. The molecule has 7 nitrogen and oxygen atoms in total. The minimum atomic E-state index is -2.20. The smallest absolute Gasteiger partial charge is 0.338 e. The Balaban J connectivity index is 1.43. The van der Waals surface area contributed by atoms with Gasteiger partial charge >= 0.3 is 11.9 Å². The summed E-state index contributed by atoms with van der Waals surface area (Å²) in [6.07, 6.45) is 1.22. The number of esters is 2. The molecule has 4 aliphatic rings. The van der Waals surface area contributed by atoms with E-state index in [1.54, 1.807) is 79.7 Å². The number of hydrogen-bond acceptors (Lipinski definition) is 7. The molecule has 7 heteroatoms. The number of carbonyl (C=O) groups is 3. The highest BCUT2D eigenvalue weighted by Crippen LogP contribution is 2.71. The Labute approximate surface area is 239 Å². The van der Waals surface area contributed by atoms with Crippen molar-refractivity contribution in [3.63, 3.8) is 0 Å². The molecular formula is C34H36O7. The van der Waals surface area contributed by atoms with Crippen molar-refractivity contribution in [1.82, 2.24) is 0 Å². The zero-order valence-corrected chi connectivity index (χ0v) is 23.7. The van der Waals surface area contributed by atoms with Gasteiger partial charge in [-0.1, -0.05) is 69.3 Å². The number of aliphatic hydroxyl groups is 2. The number of carbonyl (C=O) groups excluding carboxylic acids is 3. The summed E-state index contributed by atoms with van der Waals surface area (Å²) < 4.78 is 11.6. The minimum Gasteiger partial charge on any atom is -0.457 e. The van der Waals surface area contributed by atoms with E-state index in [4.69, 9.17) is 9.47 Å². The molecule has 41 heavy (non-hydrogen) atoms. The summed E-state index contributed by atoms with van der Waals surface area (Å²) in [5, 5.41) is 24.8. The fourth-order valence-corrected chi connectivity index (χ4v) is 8.14. The summed E-state index contributed by atoms with van der Waals surface area (Å²) in [6, 6.07) is 16.9. The van der Waals surface area contributed by atoms with Crippen LogP contribution in [0.15, 0.2) is 84.0 Å². The third-order valence-electron chi connectivity index (χ3n) is 10.3. The van der Waals surface area contributed by atoms with Gasteiger partial charge in [-0.15, -0.1) is 0 Å². The van der Waals surface area contributed by atoms with Gasteiger partial charge in [0, 0.05) is 5.92 Å². The van der Waals surface area contributed by atoms with Crippen molar-refractivity contribution in [1.29, 1.82) is 0 Å². The van der Waals surface area contributed by atoms with Crippen molar-refractivity contribution in [2.75, 3.05) is 6.61 Å². The lowest BCUT2D eigenvalue weighted by Gasteiger charge is -2.48. The van der Waals surface area contributed by atoms with Crippen LogP contribution in [-0.4, -0.2) is 52.4 Å². The number of fused-ring (bicyclic) bond motifs is 3. The van der Waals surface area contributed by atoms with E-state index in [-0.39, 0.29) is 41.1 Å². The van der Waals surface area contributed by atoms with Crippen LogP contribution in [0.2, 0.25) is 0 Å². The number of Topliss-reactive ketones (excluding diaryl/α,β-unsaturated/α-hetero) is 1. The monoisotopic (exact) mass is 556 g/mol. The average molecular weight is 557 g/mol. The van der Waals surface area contributed by atoms with Crippen LogP contribution in [0, 0.1) is 34.5 Å². The van der Waals surface area contributed by atoms with Gasteiger partial charge in [-0.25, -0.2) is 9.59 Å². The molecule has 0 radical (unpaired) electrons. The maximum atomic E-state index is 14.7. The summed E-state index contributed by atoms with van der Waals surface area (Å²) in [4.78, 5) is 40.8. The predicted octanol–water partition coefficient (Wildman–Crippen LogP) is 4.54. The third-order valence-corrected chi connectivity index (χ3v) is 10.3. The molecule has 2 aromatic carbocycles. The fraction of sp³-hybridized carbons (Fsp3) is 0.441. The Bertz CT molecular complexity index is 1460. The number of benzene rings is 2. The van der Waals surface area contributed by atoms with Gasteiger partial charge in [0.2, 0.25) is 0 Å². The fourth-order valence-electron chi connectivity index (χ4n) is 8.14. The molecule has 0 saturated heterocycles. The normalized spacial score (nSPS) is 36.5. The van der Waals surface area contributed by atoms with Crippen molar-refractivity contribution in [3.8, 4) is 0 Å². The second-order valence-corrected chi connectivity index (χ2v) is 12.8. The molecule has 1 spiro atoms. The van der Waals surface area contributed by atoms with Crippen molar-refractivity contribution in [2.24, 2.45) is 34.5 Å². The first-order valence-corrected chi connectivity index (χ1v) is 14.3. The van der Waals surface area contributed by atoms with Gasteiger partial charge in [-0.05, 0) is 71.9 Å². The van der Waals surface area contributed by atoms with E-state index >= 15 is 0 Å². The summed E-state index contributed by atoms with van der Waals surface area (Å²) in [5.41, 5.74) is -2.40. The SMILES string of the molecule is CC1=CC23C(=O)[C@@H](C=C(COC(=O)c4ccccc4)[C@@H](O)[C@]2(O)[C@H]1OC(=O)c1ccccc1)[C@H]1[C@@H](C[C@H]3C)C1(C)C. The standard InChI is InChI=1S/C34H36O7/c1-19-17-33-20(2)15-25-26(32(25,3)4)24(28(33)36)16-23(18-40-30(37)21-11-7-5-8-12-21)27(35)34(33,39)29(19)41-31(38)22-13-9-6-10-14-22/h5-14,16-17,20,24-27,29,35,39H,15,18H2,1-4H3/t20-,24+,25-,26+,27-,29+,33?,34+/m1/s1. The highest BCUT2D eigenvalue weighted by molar-refractivity contribution is 5.96. The number of ether oxygens (including phenoxy) is 2. The van der Waals surface area contributed by atoms with E-state index in [9.17, 15) is 24.6 Å². The summed E-state index contributed by atoms with van der Waals surface area (Å²) in [6.45, 7) is 7.64. The predicted molar refractivity (Wildman–Crippen MR) is 151 cm³/mol. The van der Waals surface area contributed by atoms with Crippen LogP contribution in [0.3, 0.4) is 0 Å². The Kier molecular flexibility index (Phi) is 6.40. The van der Waals surface area contributed by atoms with Crippen LogP contribution in [0.25, 0.3) is 0 Å². The maximum absolute atomic E-state index is 14.7. The Hall–Kier alpha value is -3.55. The van der Waals surface area contributed by atoms with Gasteiger partial charge in [0.05, 0.1) is 16.5 Å². The molecule has 0 amide bonds. The molecule has 8 atom stereocenters. The van der Waals surface area contributed by atoms with E-state index in [0.29, 0.717) is 23.1 Å². The molecule has 2 N–H and O–H groups in total. The number of ketones is 1. The van der Waals surface area contributed by atoms with Gasteiger partial charge in [-0.3, -0.25) is 4.79 Å². The second kappa shape index (κ2) is 9.50. The van der Waals surface area contributed by atoms with Crippen molar-refractivity contribution >= 4 is 17.7 Å². The minimum absolute atomic E-state index is 0.0193. The van der Waals surface area contributed by atoms with Crippen LogP contribution in [-0.2, 0) is 14.3 Å². The van der Waals surface area contributed by atoms with E-state index in [1.807, 2.05) is 6.92 Å². The Morgan fingerprint density at radius 2 is 1.56 bits per heavy atom. The Morgan fingerprint density at radius 1 is 0.976 bits per heavy atom. The van der Waals surface area contributed by atoms with Gasteiger partial charge in [-0.2, -0.15) is 0 Å². The lowest BCUT2D eigenvalue weighted by molar-refractivity contribution is -0.190. The molecule has 2 aromatic rings. The van der Waals surface area contributed by atoms with Gasteiger partial charge < -0.3 is 19.7 Å². The molecule has 0 aliphatic heterocycles. The molecular weight excluding hydrogens is 520 g/mol. The summed E-state index contributed by atoms with van der Waals surface area (Å²) in [7, 11) is 0. The quantitative estimate of drug-likeness (QED) is 0.411. The highest BCUT2D eigenvalue weighted by Gasteiger charge is 2.76. The lowest BCUT2D eigenvalue weighted by Crippen LogP contribution is -2.65. The molecule has 2 bridgehead atoms.